The Balaban J connectivity index is 2.17. The van der Waals surface area contributed by atoms with E-state index in [-0.39, 0.29) is 29.7 Å². The molecule has 0 spiro atoms. The summed E-state index contributed by atoms with van der Waals surface area (Å²) in [6.07, 6.45) is 2.46. The standard InChI is InChI=1S/C15H23N3O2S/c1-9(2)12-15(20)18(7-5-11-16-6-8-21-11)13(10(3)4)14(19)17-12/h6,8-10,12-13H,5,7H2,1-4H3,(H,17,19). The fraction of sp³-hybridized carbons (Fsp3) is 0.667. The third kappa shape index (κ3) is 3.43. The van der Waals surface area contributed by atoms with Crippen molar-refractivity contribution < 1.29 is 9.59 Å². The van der Waals surface area contributed by atoms with E-state index in [2.05, 4.69) is 10.3 Å². The van der Waals surface area contributed by atoms with Crippen LogP contribution in [0.3, 0.4) is 0 Å². The van der Waals surface area contributed by atoms with Crippen LogP contribution < -0.4 is 5.32 Å². The molecular formula is C15H23N3O2S. The van der Waals surface area contributed by atoms with Crippen LogP contribution in [0.15, 0.2) is 11.6 Å². The molecule has 2 amide bonds. The predicted octanol–water partition coefficient (Wildman–Crippen LogP) is 1.69. The van der Waals surface area contributed by atoms with Crippen LogP contribution in [0.4, 0.5) is 0 Å². The maximum Gasteiger partial charge on any atom is 0.246 e. The molecule has 0 radical (unpaired) electrons. The molecule has 0 bridgehead atoms. The van der Waals surface area contributed by atoms with E-state index >= 15 is 0 Å². The Bertz CT molecular complexity index is 499. The van der Waals surface area contributed by atoms with Crippen molar-refractivity contribution in [2.24, 2.45) is 11.8 Å². The highest BCUT2D eigenvalue weighted by molar-refractivity contribution is 7.09. The Labute approximate surface area is 129 Å². The highest BCUT2D eigenvalue weighted by atomic mass is 32.1. The zero-order valence-electron chi connectivity index (χ0n) is 13.0. The molecule has 5 nitrogen and oxygen atoms in total. The zero-order valence-corrected chi connectivity index (χ0v) is 13.8. The van der Waals surface area contributed by atoms with Gasteiger partial charge in [0.05, 0.1) is 5.01 Å². The molecule has 1 saturated heterocycles. The van der Waals surface area contributed by atoms with E-state index in [1.54, 1.807) is 22.4 Å². The summed E-state index contributed by atoms with van der Waals surface area (Å²) in [7, 11) is 0. The number of piperazine rings is 1. The van der Waals surface area contributed by atoms with E-state index in [0.29, 0.717) is 13.0 Å². The van der Waals surface area contributed by atoms with E-state index in [9.17, 15) is 9.59 Å². The van der Waals surface area contributed by atoms with E-state index in [4.69, 9.17) is 0 Å². The normalized spacial score (nSPS) is 23.0. The fourth-order valence-electron chi connectivity index (χ4n) is 2.71. The largest absolute Gasteiger partial charge is 0.342 e. The number of nitrogens with one attached hydrogen (secondary N) is 1. The van der Waals surface area contributed by atoms with Gasteiger partial charge in [-0.1, -0.05) is 27.7 Å². The van der Waals surface area contributed by atoms with Crippen LogP contribution in [0.1, 0.15) is 32.7 Å². The molecule has 21 heavy (non-hydrogen) atoms. The van der Waals surface area contributed by atoms with Gasteiger partial charge in [-0.3, -0.25) is 9.59 Å². The number of thiazole rings is 1. The molecule has 2 rings (SSSR count). The van der Waals surface area contributed by atoms with Crippen LogP contribution in [-0.2, 0) is 16.0 Å². The van der Waals surface area contributed by atoms with Gasteiger partial charge >= 0.3 is 0 Å². The summed E-state index contributed by atoms with van der Waals surface area (Å²) in [6.45, 7) is 8.41. The van der Waals surface area contributed by atoms with Gasteiger partial charge in [0, 0.05) is 24.5 Å². The van der Waals surface area contributed by atoms with Crippen molar-refractivity contribution >= 4 is 23.2 Å². The van der Waals surface area contributed by atoms with Gasteiger partial charge in [-0.05, 0) is 11.8 Å². The fourth-order valence-corrected chi connectivity index (χ4v) is 3.32. The summed E-state index contributed by atoms with van der Waals surface area (Å²) in [5.74, 6) is 0.178. The minimum Gasteiger partial charge on any atom is -0.342 e. The number of aromatic nitrogens is 1. The van der Waals surface area contributed by atoms with Crippen molar-refractivity contribution in [1.82, 2.24) is 15.2 Å². The molecule has 1 aliphatic rings. The van der Waals surface area contributed by atoms with Gasteiger partial charge in [0.2, 0.25) is 11.8 Å². The van der Waals surface area contributed by atoms with Gasteiger partial charge in [0.1, 0.15) is 12.1 Å². The molecule has 1 N–H and O–H groups in total. The highest BCUT2D eigenvalue weighted by Crippen LogP contribution is 2.21. The van der Waals surface area contributed by atoms with Crippen LogP contribution in [0.5, 0.6) is 0 Å². The lowest BCUT2D eigenvalue weighted by Crippen LogP contribution is -2.66. The van der Waals surface area contributed by atoms with Crippen molar-refractivity contribution in [3.63, 3.8) is 0 Å². The molecule has 2 unspecified atom stereocenters. The minimum atomic E-state index is -0.413. The van der Waals surface area contributed by atoms with Gasteiger partial charge in [-0.25, -0.2) is 4.98 Å². The third-order valence-electron chi connectivity index (χ3n) is 3.80. The van der Waals surface area contributed by atoms with Gasteiger partial charge in [-0.15, -0.1) is 11.3 Å². The lowest BCUT2D eigenvalue weighted by molar-refractivity contribution is -0.152. The van der Waals surface area contributed by atoms with E-state index < -0.39 is 6.04 Å². The Kier molecular flexibility index (Phi) is 4.98. The average Bonchev–Trinajstić information content (AvgIpc) is 2.91. The highest BCUT2D eigenvalue weighted by Gasteiger charge is 2.42. The maximum atomic E-state index is 12.7. The number of rotatable bonds is 5. The lowest BCUT2D eigenvalue weighted by atomic mass is 9.93. The first-order chi connectivity index (χ1) is 9.91. The second-order valence-corrected chi connectivity index (χ2v) is 7.11. The molecule has 2 heterocycles. The number of nitrogens with zero attached hydrogens (tertiary/aromatic N) is 2. The summed E-state index contributed by atoms with van der Waals surface area (Å²) in [5, 5.41) is 5.80. The summed E-state index contributed by atoms with van der Waals surface area (Å²) in [4.78, 5) is 31.0. The van der Waals surface area contributed by atoms with Gasteiger partial charge in [0.25, 0.3) is 0 Å². The number of hydrogen-bond donors (Lipinski definition) is 1. The molecule has 0 saturated carbocycles. The number of carbonyl (C=O) groups is 2. The molecule has 0 aliphatic carbocycles. The zero-order chi connectivity index (χ0) is 15.6. The quantitative estimate of drug-likeness (QED) is 0.900. The van der Waals surface area contributed by atoms with Crippen LogP contribution in [0.25, 0.3) is 0 Å². The van der Waals surface area contributed by atoms with Gasteiger partial charge in [-0.2, -0.15) is 0 Å². The van der Waals surface area contributed by atoms with Gasteiger partial charge in [0.15, 0.2) is 0 Å². The van der Waals surface area contributed by atoms with Crippen molar-refractivity contribution in [3.05, 3.63) is 16.6 Å². The molecule has 2 atom stereocenters. The van der Waals surface area contributed by atoms with Gasteiger partial charge < -0.3 is 10.2 Å². The summed E-state index contributed by atoms with van der Waals surface area (Å²) < 4.78 is 0. The van der Waals surface area contributed by atoms with Crippen LogP contribution >= 0.6 is 11.3 Å². The van der Waals surface area contributed by atoms with E-state index in [1.807, 2.05) is 33.1 Å². The Morgan fingerprint density at radius 3 is 2.52 bits per heavy atom. The van der Waals surface area contributed by atoms with Crippen molar-refractivity contribution in [2.45, 2.75) is 46.2 Å². The second-order valence-electron chi connectivity index (χ2n) is 6.13. The van der Waals surface area contributed by atoms with Crippen molar-refractivity contribution in [1.29, 1.82) is 0 Å². The van der Waals surface area contributed by atoms with Crippen LogP contribution in [0.2, 0.25) is 0 Å². The number of carbonyl (C=O) groups excluding carboxylic acids is 2. The molecule has 6 heteroatoms. The smallest absolute Gasteiger partial charge is 0.246 e. The van der Waals surface area contributed by atoms with E-state index in [1.165, 1.54) is 0 Å². The van der Waals surface area contributed by atoms with Crippen LogP contribution in [0, 0.1) is 11.8 Å². The maximum absolute atomic E-state index is 12.7. The summed E-state index contributed by atoms with van der Waals surface area (Å²) >= 11 is 1.58. The summed E-state index contributed by atoms with van der Waals surface area (Å²) in [6, 6.07) is -0.795. The first-order valence-electron chi connectivity index (χ1n) is 7.41. The second kappa shape index (κ2) is 6.56. The molecular weight excluding hydrogens is 286 g/mol. The van der Waals surface area contributed by atoms with Crippen LogP contribution in [-0.4, -0.2) is 40.3 Å². The SMILES string of the molecule is CC(C)C1NC(=O)C(C(C)C)N(CCc2nccs2)C1=O. The van der Waals surface area contributed by atoms with E-state index in [0.717, 1.165) is 5.01 Å². The topological polar surface area (TPSA) is 62.3 Å². The van der Waals surface area contributed by atoms with Crippen molar-refractivity contribution in [2.75, 3.05) is 6.54 Å². The number of amides is 2. The molecule has 1 fully saturated rings. The molecule has 0 aromatic carbocycles. The molecule has 1 aromatic heterocycles. The predicted molar refractivity (Wildman–Crippen MR) is 82.9 cm³/mol. The average molecular weight is 309 g/mol. The first kappa shape index (κ1) is 15.9. The third-order valence-corrected chi connectivity index (χ3v) is 4.64. The lowest BCUT2D eigenvalue weighted by Gasteiger charge is -2.42. The van der Waals surface area contributed by atoms with Crippen molar-refractivity contribution in [3.8, 4) is 0 Å². The number of hydrogen-bond acceptors (Lipinski definition) is 4. The monoisotopic (exact) mass is 309 g/mol. The molecule has 1 aliphatic heterocycles. The Morgan fingerprint density at radius 2 is 2.00 bits per heavy atom. The minimum absolute atomic E-state index is 0.0276. The Hall–Kier alpha value is -1.43. The first-order valence-corrected chi connectivity index (χ1v) is 8.29. The summed E-state index contributed by atoms with van der Waals surface area (Å²) in [5.41, 5.74) is 0. The molecule has 116 valence electrons. The Morgan fingerprint density at radius 1 is 1.29 bits per heavy atom. The molecule has 1 aromatic rings.